The molecule has 0 saturated heterocycles. The van der Waals surface area contributed by atoms with Gasteiger partial charge in [0, 0.05) is 23.2 Å². The standard InChI is InChI=1S/C21H16ClF3N4O3/c22-12-2-1-3-13(7-12)26-20(30)15-9-19-27-14(8-18(21(23,24)25)29(19)28-15)11-4-5-16-17(6-11)32-10-31-16/h1-7,9,14,18,27H,8,10H2,(H,26,30)/t14-,18+/m0/s1. The number of ether oxygens (including phenoxy) is 2. The second-order valence-corrected chi connectivity index (χ2v) is 7.86. The monoisotopic (exact) mass is 464 g/mol. The van der Waals surface area contributed by atoms with Crippen molar-refractivity contribution in [2.45, 2.75) is 24.7 Å². The van der Waals surface area contributed by atoms with Crippen molar-refractivity contribution < 1.29 is 27.4 Å². The van der Waals surface area contributed by atoms with Crippen molar-refractivity contribution in [3.63, 3.8) is 0 Å². The molecule has 2 aliphatic heterocycles. The molecule has 0 unspecified atom stereocenters. The van der Waals surface area contributed by atoms with Crippen molar-refractivity contribution >= 4 is 29.0 Å². The van der Waals surface area contributed by atoms with E-state index >= 15 is 0 Å². The molecule has 0 bridgehead atoms. The first-order valence-electron chi connectivity index (χ1n) is 9.67. The molecule has 1 amide bonds. The first kappa shape index (κ1) is 20.5. The van der Waals surface area contributed by atoms with Gasteiger partial charge in [-0.1, -0.05) is 23.7 Å². The van der Waals surface area contributed by atoms with Crippen LogP contribution in [0.5, 0.6) is 11.5 Å². The van der Waals surface area contributed by atoms with Crippen LogP contribution < -0.4 is 20.1 Å². The molecule has 11 heteroatoms. The third-order valence-electron chi connectivity index (χ3n) is 5.30. The lowest BCUT2D eigenvalue weighted by molar-refractivity contribution is -0.173. The summed E-state index contributed by atoms with van der Waals surface area (Å²) in [6, 6.07) is 10.2. The molecule has 0 fully saturated rings. The highest BCUT2D eigenvalue weighted by Gasteiger charge is 2.47. The van der Waals surface area contributed by atoms with Crippen LogP contribution in [0.25, 0.3) is 0 Å². The molecule has 0 radical (unpaired) electrons. The third kappa shape index (κ3) is 3.81. The molecule has 2 atom stereocenters. The van der Waals surface area contributed by atoms with Crippen molar-refractivity contribution in [1.29, 1.82) is 0 Å². The van der Waals surface area contributed by atoms with Crippen molar-refractivity contribution in [3.8, 4) is 11.5 Å². The van der Waals surface area contributed by atoms with Crippen LogP contribution in [0.1, 0.15) is 34.6 Å². The van der Waals surface area contributed by atoms with E-state index in [1.54, 1.807) is 36.4 Å². The molecule has 3 aromatic rings. The maximum Gasteiger partial charge on any atom is 0.410 e. The summed E-state index contributed by atoms with van der Waals surface area (Å²) < 4.78 is 53.1. The van der Waals surface area contributed by atoms with Crippen molar-refractivity contribution in [2.75, 3.05) is 17.4 Å². The van der Waals surface area contributed by atoms with Gasteiger partial charge in [0.2, 0.25) is 6.79 Å². The van der Waals surface area contributed by atoms with Gasteiger partial charge >= 0.3 is 6.18 Å². The predicted molar refractivity (Wildman–Crippen MR) is 110 cm³/mol. The van der Waals surface area contributed by atoms with Crippen LogP contribution in [-0.4, -0.2) is 28.7 Å². The Morgan fingerprint density at radius 3 is 2.75 bits per heavy atom. The van der Waals surface area contributed by atoms with E-state index in [2.05, 4.69) is 15.7 Å². The number of carbonyl (C=O) groups is 1. The largest absolute Gasteiger partial charge is 0.454 e. The van der Waals surface area contributed by atoms with Crippen LogP contribution in [0, 0.1) is 0 Å². The fraction of sp³-hybridized carbons (Fsp3) is 0.238. The highest BCUT2D eigenvalue weighted by molar-refractivity contribution is 6.30. The van der Waals surface area contributed by atoms with Crippen LogP contribution in [0.2, 0.25) is 5.02 Å². The van der Waals surface area contributed by atoms with Gasteiger partial charge in [0.25, 0.3) is 5.91 Å². The lowest BCUT2D eigenvalue weighted by atomic mass is 9.96. The summed E-state index contributed by atoms with van der Waals surface area (Å²) in [4.78, 5) is 12.6. The molecule has 0 saturated carbocycles. The SMILES string of the molecule is O=C(Nc1cccc(Cl)c1)c1cc2n(n1)[C@@H](C(F)(F)F)C[C@@H](c1ccc3c(c1)OCO3)N2. The molecule has 166 valence electrons. The number of anilines is 2. The molecular formula is C21H16ClF3N4O3. The predicted octanol–water partition coefficient (Wildman–Crippen LogP) is 5.18. The van der Waals surface area contributed by atoms with Gasteiger partial charge in [-0.15, -0.1) is 0 Å². The van der Waals surface area contributed by atoms with Crippen molar-refractivity contribution in [3.05, 3.63) is 64.8 Å². The van der Waals surface area contributed by atoms with Crippen LogP contribution in [0.15, 0.2) is 48.5 Å². The number of hydrogen-bond donors (Lipinski definition) is 2. The number of benzene rings is 2. The number of rotatable bonds is 3. The van der Waals surface area contributed by atoms with E-state index in [0.717, 1.165) is 4.68 Å². The van der Waals surface area contributed by atoms with E-state index in [9.17, 15) is 18.0 Å². The van der Waals surface area contributed by atoms with Crippen LogP contribution in [0.4, 0.5) is 24.7 Å². The Hall–Kier alpha value is -3.40. The summed E-state index contributed by atoms with van der Waals surface area (Å²) in [5, 5.41) is 10.0. The topological polar surface area (TPSA) is 77.4 Å². The zero-order valence-corrected chi connectivity index (χ0v) is 17.1. The Balaban J connectivity index is 1.45. The van der Waals surface area contributed by atoms with Crippen LogP contribution >= 0.6 is 11.6 Å². The van der Waals surface area contributed by atoms with E-state index in [1.807, 2.05) is 0 Å². The number of hydrogen-bond acceptors (Lipinski definition) is 5. The molecule has 1 aromatic heterocycles. The zero-order valence-electron chi connectivity index (χ0n) is 16.3. The van der Waals surface area contributed by atoms with E-state index in [1.165, 1.54) is 12.1 Å². The van der Waals surface area contributed by atoms with Gasteiger partial charge in [-0.3, -0.25) is 4.79 Å². The maximum absolute atomic E-state index is 13.9. The highest BCUT2D eigenvalue weighted by Crippen LogP contribution is 2.45. The third-order valence-corrected chi connectivity index (χ3v) is 5.54. The van der Waals surface area contributed by atoms with E-state index in [-0.39, 0.29) is 24.7 Å². The Morgan fingerprint density at radius 2 is 1.97 bits per heavy atom. The summed E-state index contributed by atoms with van der Waals surface area (Å²) in [7, 11) is 0. The minimum Gasteiger partial charge on any atom is -0.454 e. The lowest BCUT2D eigenvalue weighted by Crippen LogP contribution is -2.35. The quantitative estimate of drug-likeness (QED) is 0.558. The van der Waals surface area contributed by atoms with E-state index in [4.69, 9.17) is 21.1 Å². The Bertz CT molecular complexity index is 1200. The lowest BCUT2D eigenvalue weighted by Gasteiger charge is -2.33. The molecular weight excluding hydrogens is 449 g/mol. The molecule has 2 N–H and O–H groups in total. The van der Waals surface area contributed by atoms with E-state index < -0.39 is 24.2 Å². The summed E-state index contributed by atoms with van der Waals surface area (Å²) in [5.41, 5.74) is 0.876. The van der Waals surface area contributed by atoms with Gasteiger partial charge in [0.05, 0.1) is 6.04 Å². The molecule has 32 heavy (non-hydrogen) atoms. The Morgan fingerprint density at radius 1 is 1.16 bits per heavy atom. The van der Waals surface area contributed by atoms with Crippen LogP contribution in [0.3, 0.4) is 0 Å². The van der Waals surface area contributed by atoms with Gasteiger partial charge in [0.1, 0.15) is 5.82 Å². The average Bonchev–Trinajstić information content (AvgIpc) is 3.38. The molecule has 0 spiro atoms. The minimum absolute atomic E-state index is 0.0694. The molecule has 5 rings (SSSR count). The number of nitrogens with zero attached hydrogens (tertiary/aromatic N) is 2. The van der Waals surface area contributed by atoms with E-state index in [0.29, 0.717) is 27.8 Å². The zero-order chi connectivity index (χ0) is 22.5. The average molecular weight is 465 g/mol. The number of aromatic nitrogens is 2. The van der Waals surface area contributed by atoms with Gasteiger partial charge in [0.15, 0.2) is 23.2 Å². The summed E-state index contributed by atoms with van der Waals surface area (Å²) in [6.07, 6.45) is -4.86. The number of carbonyl (C=O) groups excluding carboxylic acids is 1. The maximum atomic E-state index is 13.9. The number of fused-ring (bicyclic) bond motifs is 2. The second-order valence-electron chi connectivity index (χ2n) is 7.43. The van der Waals surface area contributed by atoms with Gasteiger partial charge < -0.3 is 20.1 Å². The fourth-order valence-electron chi connectivity index (χ4n) is 3.79. The number of halogens is 4. The van der Waals surface area contributed by atoms with Gasteiger partial charge in [-0.25, -0.2) is 4.68 Å². The smallest absolute Gasteiger partial charge is 0.410 e. The van der Waals surface area contributed by atoms with Crippen molar-refractivity contribution in [2.24, 2.45) is 0 Å². The number of nitrogens with one attached hydrogen (secondary N) is 2. The summed E-state index contributed by atoms with van der Waals surface area (Å²) >= 11 is 5.91. The fourth-order valence-corrected chi connectivity index (χ4v) is 3.98. The summed E-state index contributed by atoms with van der Waals surface area (Å²) in [6.45, 7) is 0.0694. The molecule has 7 nitrogen and oxygen atoms in total. The first-order valence-corrected chi connectivity index (χ1v) is 10.0. The minimum atomic E-state index is -4.56. The number of alkyl halides is 3. The Labute approximate surface area is 185 Å². The molecule has 3 heterocycles. The summed E-state index contributed by atoms with van der Waals surface area (Å²) in [5.74, 6) is 0.476. The normalized spacial score (nSPS) is 19.2. The first-order chi connectivity index (χ1) is 15.3. The van der Waals surface area contributed by atoms with Crippen molar-refractivity contribution in [1.82, 2.24) is 9.78 Å². The number of amides is 1. The molecule has 2 aromatic carbocycles. The second kappa shape index (κ2) is 7.63. The van der Waals surface area contributed by atoms with Crippen LogP contribution in [-0.2, 0) is 0 Å². The Kier molecular flexibility index (Phi) is 4.89. The molecule has 0 aliphatic carbocycles. The molecule has 2 aliphatic rings. The van der Waals surface area contributed by atoms with Gasteiger partial charge in [-0.05, 0) is 35.9 Å². The van der Waals surface area contributed by atoms with Gasteiger partial charge in [-0.2, -0.15) is 18.3 Å². The highest BCUT2D eigenvalue weighted by atomic mass is 35.5.